The van der Waals surface area contributed by atoms with Crippen LogP contribution in [0, 0.1) is 5.41 Å². The van der Waals surface area contributed by atoms with Gasteiger partial charge in [0, 0.05) is 0 Å². The first-order valence-electron chi connectivity index (χ1n) is 4.80. The van der Waals surface area contributed by atoms with Crippen molar-refractivity contribution in [2.24, 2.45) is 5.41 Å². The Morgan fingerprint density at radius 2 is 2.07 bits per heavy atom. The number of carbonyl (C=O) groups excluding carboxylic acids is 1. The van der Waals surface area contributed by atoms with E-state index in [0.717, 1.165) is 5.06 Å². The van der Waals surface area contributed by atoms with Gasteiger partial charge in [-0.3, -0.25) is 4.79 Å². The van der Waals surface area contributed by atoms with Gasteiger partial charge in [0.25, 0.3) is 0 Å². The van der Waals surface area contributed by atoms with Crippen molar-refractivity contribution in [3.8, 4) is 5.06 Å². The molecule has 0 unspecified atom stereocenters. The van der Waals surface area contributed by atoms with E-state index < -0.39 is 0 Å². The van der Waals surface area contributed by atoms with Gasteiger partial charge in [-0.15, -0.1) is 0 Å². The summed E-state index contributed by atoms with van der Waals surface area (Å²) in [6.07, 6.45) is 3.55. The zero-order chi connectivity index (χ0) is 11.5. The lowest BCUT2D eigenvalue weighted by molar-refractivity contribution is 0.104. The second kappa shape index (κ2) is 4.62. The van der Waals surface area contributed by atoms with Gasteiger partial charge in [0.15, 0.2) is 10.8 Å². The van der Waals surface area contributed by atoms with Crippen LogP contribution in [0.4, 0.5) is 0 Å². The Balaban J connectivity index is 2.73. The van der Waals surface area contributed by atoms with E-state index in [1.807, 2.05) is 12.1 Å². The van der Waals surface area contributed by atoms with E-state index >= 15 is 0 Å². The molecule has 0 atom stereocenters. The minimum absolute atomic E-state index is 0.0387. The molecule has 3 heteroatoms. The van der Waals surface area contributed by atoms with Gasteiger partial charge in [-0.05, 0) is 23.6 Å². The maximum atomic E-state index is 11.7. The summed E-state index contributed by atoms with van der Waals surface area (Å²) in [5, 5.41) is 0.766. The average Bonchev–Trinajstić information content (AvgIpc) is 2.61. The normalized spacial score (nSPS) is 12.0. The lowest BCUT2D eigenvalue weighted by Gasteiger charge is -2.10. The molecule has 0 amide bonds. The molecule has 1 rings (SSSR count). The van der Waals surface area contributed by atoms with Crippen LogP contribution in [-0.2, 0) is 0 Å². The van der Waals surface area contributed by atoms with E-state index in [-0.39, 0.29) is 11.2 Å². The lowest BCUT2D eigenvalue weighted by Crippen LogP contribution is -2.00. The van der Waals surface area contributed by atoms with Crippen molar-refractivity contribution in [1.29, 1.82) is 0 Å². The van der Waals surface area contributed by atoms with Crippen LogP contribution in [0.1, 0.15) is 30.4 Å². The number of methoxy groups -OCH3 is 1. The molecule has 0 aliphatic rings. The van der Waals surface area contributed by atoms with Crippen LogP contribution < -0.4 is 4.74 Å². The number of hydrogen-bond donors (Lipinski definition) is 0. The number of hydrogen-bond acceptors (Lipinski definition) is 3. The van der Waals surface area contributed by atoms with Gasteiger partial charge >= 0.3 is 0 Å². The first-order chi connectivity index (χ1) is 6.92. The molecule has 0 spiro atoms. The summed E-state index contributed by atoms with van der Waals surface area (Å²) in [7, 11) is 1.60. The molecule has 0 bridgehead atoms. The number of allylic oxidation sites excluding steroid dienone is 2. The van der Waals surface area contributed by atoms with Crippen molar-refractivity contribution in [3.63, 3.8) is 0 Å². The molecule has 0 aliphatic heterocycles. The van der Waals surface area contributed by atoms with Crippen LogP contribution in [0.25, 0.3) is 0 Å². The van der Waals surface area contributed by atoms with Crippen LogP contribution in [0.3, 0.4) is 0 Å². The number of thiophene rings is 1. The highest BCUT2D eigenvalue weighted by molar-refractivity contribution is 7.15. The maximum Gasteiger partial charge on any atom is 0.195 e. The van der Waals surface area contributed by atoms with E-state index in [1.54, 1.807) is 19.3 Å². The van der Waals surface area contributed by atoms with E-state index in [4.69, 9.17) is 4.74 Å². The number of ketones is 1. The monoisotopic (exact) mass is 224 g/mol. The molecule has 0 saturated carbocycles. The van der Waals surface area contributed by atoms with E-state index in [1.165, 1.54) is 11.3 Å². The fourth-order valence-corrected chi connectivity index (χ4v) is 1.71. The summed E-state index contributed by atoms with van der Waals surface area (Å²) in [4.78, 5) is 12.4. The van der Waals surface area contributed by atoms with Gasteiger partial charge in [0.1, 0.15) is 0 Å². The summed E-state index contributed by atoms with van der Waals surface area (Å²) in [5.74, 6) is 0.0400. The quantitative estimate of drug-likeness (QED) is 0.580. The van der Waals surface area contributed by atoms with E-state index in [2.05, 4.69) is 20.8 Å². The van der Waals surface area contributed by atoms with Crippen LogP contribution >= 0.6 is 11.3 Å². The molecule has 1 aromatic rings. The fraction of sp³-hybridized carbons (Fsp3) is 0.417. The number of rotatable bonds is 3. The minimum atomic E-state index is 0.0387. The predicted octanol–water partition coefficient (Wildman–Crippen LogP) is 3.54. The molecule has 0 aromatic carbocycles. The van der Waals surface area contributed by atoms with Gasteiger partial charge in [-0.1, -0.05) is 38.2 Å². The second-order valence-corrected chi connectivity index (χ2v) is 5.43. The van der Waals surface area contributed by atoms with Gasteiger partial charge in [-0.25, -0.2) is 0 Å². The van der Waals surface area contributed by atoms with Crippen LogP contribution in [-0.4, -0.2) is 12.9 Å². The van der Waals surface area contributed by atoms with Crippen molar-refractivity contribution in [2.75, 3.05) is 7.11 Å². The predicted molar refractivity (Wildman–Crippen MR) is 63.8 cm³/mol. The maximum absolute atomic E-state index is 11.7. The summed E-state index contributed by atoms with van der Waals surface area (Å²) in [6, 6.07) is 3.60. The van der Waals surface area contributed by atoms with Gasteiger partial charge in [0.05, 0.1) is 12.0 Å². The van der Waals surface area contributed by atoms with Crippen molar-refractivity contribution in [2.45, 2.75) is 20.8 Å². The van der Waals surface area contributed by atoms with Crippen molar-refractivity contribution >= 4 is 17.1 Å². The molecule has 82 valence electrons. The molecular weight excluding hydrogens is 208 g/mol. The summed E-state index contributed by atoms with van der Waals surface area (Å²) in [5.41, 5.74) is 0.0387. The van der Waals surface area contributed by atoms with Gasteiger partial charge in [-0.2, -0.15) is 0 Å². The Kier molecular flexibility index (Phi) is 3.69. The first kappa shape index (κ1) is 12.0. The molecule has 0 aliphatic carbocycles. The van der Waals surface area contributed by atoms with Gasteiger partial charge in [0.2, 0.25) is 0 Å². The third-order valence-corrected chi connectivity index (χ3v) is 2.82. The molecule has 0 fully saturated rings. The van der Waals surface area contributed by atoms with Crippen molar-refractivity contribution in [1.82, 2.24) is 0 Å². The molecule has 0 saturated heterocycles. The largest absolute Gasteiger partial charge is 0.487 e. The summed E-state index contributed by atoms with van der Waals surface area (Å²) < 4.78 is 5.03. The molecule has 0 radical (unpaired) electrons. The molecular formula is C12H16O2S. The smallest absolute Gasteiger partial charge is 0.195 e. The number of ether oxygens (including phenoxy) is 1. The molecule has 0 N–H and O–H groups in total. The third-order valence-electron chi connectivity index (χ3n) is 1.76. The van der Waals surface area contributed by atoms with Crippen molar-refractivity contribution in [3.05, 3.63) is 29.2 Å². The Hall–Kier alpha value is -1.09. The fourth-order valence-electron chi connectivity index (χ4n) is 0.970. The van der Waals surface area contributed by atoms with Crippen LogP contribution in [0.5, 0.6) is 5.06 Å². The molecule has 1 aromatic heterocycles. The third kappa shape index (κ3) is 3.88. The van der Waals surface area contributed by atoms with Crippen LogP contribution in [0.2, 0.25) is 0 Å². The standard InChI is InChI=1S/C12H16O2S/c1-12(2,3)8-7-9(13)10-5-6-11(14-4)15-10/h5-8H,1-4H3/b8-7+. The zero-order valence-electron chi connectivity index (χ0n) is 9.53. The summed E-state index contributed by atoms with van der Waals surface area (Å²) in [6.45, 7) is 6.18. The highest BCUT2D eigenvalue weighted by Gasteiger charge is 2.09. The Bertz CT molecular complexity index is 369. The highest BCUT2D eigenvalue weighted by Crippen LogP contribution is 2.25. The zero-order valence-corrected chi connectivity index (χ0v) is 10.4. The van der Waals surface area contributed by atoms with E-state index in [9.17, 15) is 4.79 Å². The lowest BCUT2D eigenvalue weighted by atomic mass is 9.96. The Labute approximate surface area is 94.6 Å². The second-order valence-electron chi connectivity index (χ2n) is 4.39. The number of carbonyl (C=O) groups is 1. The molecule has 2 nitrogen and oxygen atoms in total. The molecule has 1 heterocycles. The van der Waals surface area contributed by atoms with Crippen molar-refractivity contribution < 1.29 is 9.53 Å². The van der Waals surface area contributed by atoms with Crippen LogP contribution in [0.15, 0.2) is 24.3 Å². The summed E-state index contributed by atoms with van der Waals surface area (Å²) >= 11 is 1.37. The minimum Gasteiger partial charge on any atom is -0.487 e. The van der Waals surface area contributed by atoms with Gasteiger partial charge < -0.3 is 4.74 Å². The topological polar surface area (TPSA) is 26.3 Å². The SMILES string of the molecule is COc1ccc(C(=O)/C=C/C(C)(C)C)s1. The average molecular weight is 224 g/mol. The Morgan fingerprint density at radius 1 is 1.40 bits per heavy atom. The van der Waals surface area contributed by atoms with E-state index in [0.29, 0.717) is 4.88 Å². The molecule has 15 heavy (non-hydrogen) atoms. The highest BCUT2D eigenvalue weighted by atomic mass is 32.1. The first-order valence-corrected chi connectivity index (χ1v) is 5.61. The Morgan fingerprint density at radius 3 is 2.53 bits per heavy atom.